The number of nitrogens with zero attached hydrogens (tertiary/aromatic N) is 1. The largest absolute Gasteiger partial charge is 0.310 e. The second-order valence-corrected chi connectivity index (χ2v) is 18.2. The summed E-state index contributed by atoms with van der Waals surface area (Å²) < 4.78 is 0. The van der Waals surface area contributed by atoms with Gasteiger partial charge in [-0.05, 0) is 147 Å². The van der Waals surface area contributed by atoms with Crippen molar-refractivity contribution in [2.24, 2.45) is 0 Å². The van der Waals surface area contributed by atoms with Crippen molar-refractivity contribution in [2.45, 2.75) is 115 Å². The third kappa shape index (κ3) is 5.72. The minimum atomic E-state index is -0.171. The van der Waals surface area contributed by atoms with Crippen molar-refractivity contribution in [1.29, 1.82) is 0 Å². The van der Waals surface area contributed by atoms with Gasteiger partial charge in [-0.15, -0.1) is 0 Å². The monoisotopic (exact) mass is 717 g/mol. The second-order valence-electron chi connectivity index (χ2n) is 18.2. The van der Waals surface area contributed by atoms with Crippen LogP contribution >= 0.6 is 0 Å². The molecule has 0 spiro atoms. The van der Waals surface area contributed by atoms with E-state index in [9.17, 15) is 0 Å². The average Bonchev–Trinajstić information content (AvgIpc) is 3.61. The molecule has 0 bridgehead atoms. The minimum absolute atomic E-state index is 0.0278. The molecule has 0 aliphatic heterocycles. The van der Waals surface area contributed by atoms with Gasteiger partial charge in [-0.2, -0.15) is 0 Å². The van der Waals surface area contributed by atoms with Crippen molar-refractivity contribution >= 4 is 17.1 Å². The molecular weight excluding hydrogens is 663 g/mol. The maximum Gasteiger partial charge on any atom is 0.0465 e. The standard InChI is InChI=1S/C54H55N/c1-53(2)49-21-12-11-18-45(49)46-32-26-40(34-50(46)53)44-19-13-20-48-47-33-31-43(35-51(47)54(3,4)52(44)48)55(41-27-22-38(23-28-41)36-14-7-5-8-15-36)42-29-24-39(25-30-42)37-16-9-6-10-17-37/h11-13,18-37H,5-10,14-17H2,1-4H3. The van der Waals surface area contributed by atoms with Crippen LogP contribution in [0.3, 0.4) is 0 Å². The molecule has 4 aliphatic carbocycles. The molecule has 0 heterocycles. The molecule has 1 heteroatoms. The van der Waals surface area contributed by atoms with Gasteiger partial charge in [0.15, 0.2) is 0 Å². The van der Waals surface area contributed by atoms with Crippen molar-refractivity contribution in [1.82, 2.24) is 0 Å². The normalized spacial score (nSPS) is 18.3. The van der Waals surface area contributed by atoms with Crippen LogP contribution in [0.2, 0.25) is 0 Å². The van der Waals surface area contributed by atoms with Crippen LogP contribution in [0.1, 0.15) is 137 Å². The molecule has 0 amide bonds. The summed E-state index contributed by atoms with van der Waals surface area (Å²) in [5.41, 5.74) is 20.4. The predicted octanol–water partition coefficient (Wildman–Crippen LogP) is 15.5. The maximum absolute atomic E-state index is 2.51. The van der Waals surface area contributed by atoms with E-state index in [1.165, 1.54) is 148 Å². The lowest BCUT2D eigenvalue weighted by molar-refractivity contribution is 0.443. The molecule has 0 atom stereocenters. The van der Waals surface area contributed by atoms with Gasteiger partial charge in [-0.1, -0.05) is 151 Å². The lowest BCUT2D eigenvalue weighted by Gasteiger charge is -2.30. The Morgan fingerprint density at radius 3 is 1.53 bits per heavy atom. The van der Waals surface area contributed by atoms with Crippen LogP contribution < -0.4 is 4.90 Å². The highest BCUT2D eigenvalue weighted by atomic mass is 15.1. The summed E-state index contributed by atoms with van der Waals surface area (Å²) >= 11 is 0. The predicted molar refractivity (Wildman–Crippen MR) is 233 cm³/mol. The van der Waals surface area contributed by atoms with Crippen LogP contribution in [0.4, 0.5) is 17.1 Å². The van der Waals surface area contributed by atoms with Crippen LogP contribution in [0, 0.1) is 0 Å². The van der Waals surface area contributed by atoms with E-state index in [1.54, 1.807) is 0 Å². The van der Waals surface area contributed by atoms with E-state index in [-0.39, 0.29) is 10.8 Å². The molecule has 1 nitrogen and oxygen atoms in total. The summed E-state index contributed by atoms with van der Waals surface area (Å²) in [5.74, 6) is 1.40. The number of anilines is 3. The summed E-state index contributed by atoms with van der Waals surface area (Å²) in [4.78, 5) is 2.51. The Kier molecular flexibility index (Phi) is 8.43. The van der Waals surface area contributed by atoms with Gasteiger partial charge in [0.25, 0.3) is 0 Å². The first-order valence-electron chi connectivity index (χ1n) is 21.3. The first kappa shape index (κ1) is 34.6. The first-order valence-corrected chi connectivity index (χ1v) is 21.3. The van der Waals surface area contributed by atoms with E-state index in [0.29, 0.717) is 11.8 Å². The SMILES string of the molecule is CC1(C)c2ccccc2-c2ccc(-c3cccc4c3C(C)(C)c3cc(N(c5ccc(C6CCCCC6)cc5)c5ccc(C6CCCCC6)cc5)ccc3-4)cc21. The van der Waals surface area contributed by atoms with Gasteiger partial charge in [0.1, 0.15) is 0 Å². The van der Waals surface area contributed by atoms with Gasteiger partial charge in [-0.3, -0.25) is 0 Å². The summed E-state index contributed by atoms with van der Waals surface area (Å²) in [6, 6.07) is 49.7. The second kappa shape index (κ2) is 13.4. The molecule has 0 aromatic heterocycles. The summed E-state index contributed by atoms with van der Waals surface area (Å²) in [6.07, 6.45) is 13.5. The molecule has 0 N–H and O–H groups in total. The zero-order chi connectivity index (χ0) is 37.3. The van der Waals surface area contributed by atoms with Crippen molar-refractivity contribution in [2.75, 3.05) is 4.90 Å². The minimum Gasteiger partial charge on any atom is -0.310 e. The van der Waals surface area contributed by atoms with Gasteiger partial charge in [-0.25, -0.2) is 0 Å². The molecule has 6 aromatic rings. The summed E-state index contributed by atoms with van der Waals surface area (Å²) in [5, 5.41) is 0. The fraction of sp³-hybridized carbons (Fsp3) is 0.333. The number of hydrogen-bond acceptors (Lipinski definition) is 1. The smallest absolute Gasteiger partial charge is 0.0465 e. The van der Waals surface area contributed by atoms with Gasteiger partial charge in [0.2, 0.25) is 0 Å². The molecule has 10 rings (SSSR count). The molecule has 0 saturated heterocycles. The Morgan fingerprint density at radius 2 is 0.891 bits per heavy atom. The van der Waals surface area contributed by atoms with Gasteiger partial charge in [0, 0.05) is 27.9 Å². The van der Waals surface area contributed by atoms with Crippen molar-refractivity contribution < 1.29 is 0 Å². The topological polar surface area (TPSA) is 3.24 Å². The molecule has 2 saturated carbocycles. The fourth-order valence-corrected chi connectivity index (χ4v) is 11.2. The zero-order valence-electron chi connectivity index (χ0n) is 33.3. The number of rotatable bonds is 6. The Hall–Kier alpha value is -4.88. The van der Waals surface area contributed by atoms with E-state index in [4.69, 9.17) is 0 Å². The highest BCUT2D eigenvalue weighted by Crippen LogP contribution is 2.55. The van der Waals surface area contributed by atoms with Crippen LogP contribution in [-0.2, 0) is 10.8 Å². The third-order valence-electron chi connectivity index (χ3n) is 14.3. The van der Waals surface area contributed by atoms with Crippen LogP contribution in [0.5, 0.6) is 0 Å². The lowest BCUT2D eigenvalue weighted by Crippen LogP contribution is -2.18. The number of fused-ring (bicyclic) bond motifs is 6. The Bertz CT molecular complexity index is 2320. The number of benzene rings is 6. The van der Waals surface area contributed by atoms with E-state index >= 15 is 0 Å². The van der Waals surface area contributed by atoms with Gasteiger partial charge < -0.3 is 4.90 Å². The lowest BCUT2D eigenvalue weighted by atomic mass is 9.77. The highest BCUT2D eigenvalue weighted by Gasteiger charge is 2.40. The van der Waals surface area contributed by atoms with E-state index in [2.05, 4.69) is 160 Å². The van der Waals surface area contributed by atoms with Gasteiger partial charge >= 0.3 is 0 Å². The van der Waals surface area contributed by atoms with E-state index in [1.807, 2.05) is 0 Å². The van der Waals surface area contributed by atoms with Gasteiger partial charge in [0.05, 0.1) is 0 Å². The Morgan fingerprint density at radius 1 is 0.400 bits per heavy atom. The molecule has 2 fully saturated rings. The Labute approximate surface area is 329 Å². The maximum atomic E-state index is 2.51. The molecule has 0 unspecified atom stereocenters. The molecule has 4 aliphatic rings. The fourth-order valence-electron chi connectivity index (χ4n) is 11.2. The van der Waals surface area contributed by atoms with E-state index in [0.717, 1.165) is 0 Å². The molecule has 0 radical (unpaired) electrons. The van der Waals surface area contributed by atoms with Crippen LogP contribution in [0.15, 0.2) is 127 Å². The van der Waals surface area contributed by atoms with Crippen LogP contribution in [-0.4, -0.2) is 0 Å². The van der Waals surface area contributed by atoms with Crippen molar-refractivity contribution in [3.63, 3.8) is 0 Å². The first-order chi connectivity index (χ1) is 26.8. The van der Waals surface area contributed by atoms with Crippen molar-refractivity contribution in [3.05, 3.63) is 161 Å². The average molecular weight is 718 g/mol. The Balaban J connectivity index is 1.04. The van der Waals surface area contributed by atoms with Crippen molar-refractivity contribution in [3.8, 4) is 33.4 Å². The van der Waals surface area contributed by atoms with E-state index < -0.39 is 0 Å². The zero-order valence-corrected chi connectivity index (χ0v) is 33.3. The molecular formula is C54H55N. The number of hydrogen-bond donors (Lipinski definition) is 0. The highest BCUT2D eigenvalue weighted by molar-refractivity contribution is 5.92. The summed E-state index contributed by atoms with van der Waals surface area (Å²) in [6.45, 7) is 9.66. The van der Waals surface area contributed by atoms with Crippen LogP contribution in [0.25, 0.3) is 33.4 Å². The third-order valence-corrected chi connectivity index (χ3v) is 14.3. The molecule has 55 heavy (non-hydrogen) atoms. The molecule has 6 aromatic carbocycles. The summed E-state index contributed by atoms with van der Waals surface area (Å²) in [7, 11) is 0. The quantitative estimate of drug-likeness (QED) is 0.166. The molecule has 276 valence electrons.